The second-order valence-corrected chi connectivity index (χ2v) is 24.5. The maximum absolute atomic E-state index is 14.7. The van der Waals surface area contributed by atoms with Crippen LogP contribution in [-0.4, -0.2) is 105 Å². The van der Waals surface area contributed by atoms with Crippen LogP contribution in [0.1, 0.15) is 50.5 Å². The molecular formula is C39H48N8O12P2Si. The number of phosphoric ester groups is 2. The third kappa shape index (κ3) is 8.93. The predicted octanol–water partition coefficient (Wildman–Crippen LogP) is 6.91. The minimum Gasteiger partial charge on any atom is -0.407 e. The fourth-order valence-electron chi connectivity index (χ4n) is 7.38. The summed E-state index contributed by atoms with van der Waals surface area (Å²) < 4.78 is 82.0. The minimum atomic E-state index is -4.98. The molecule has 0 radical (unpaired) electrons. The number of carbonyl (C=O) groups excluding carboxylic acids is 1. The van der Waals surface area contributed by atoms with E-state index < -0.39 is 92.0 Å². The van der Waals surface area contributed by atoms with Crippen LogP contribution in [0.3, 0.4) is 0 Å². The summed E-state index contributed by atoms with van der Waals surface area (Å²) in [5, 5.41) is 2.42. The van der Waals surface area contributed by atoms with Gasteiger partial charge in [-0.3, -0.25) is 32.0 Å². The zero-order valence-electron chi connectivity index (χ0n) is 34.8. The van der Waals surface area contributed by atoms with Crippen LogP contribution >= 0.6 is 15.6 Å². The van der Waals surface area contributed by atoms with E-state index in [0.717, 1.165) is 5.52 Å². The molecule has 0 bridgehead atoms. The molecule has 0 spiro atoms. The summed E-state index contributed by atoms with van der Waals surface area (Å²) in [6.45, 7) is 17.6. The number of rotatable bonds is 9. The Morgan fingerprint density at radius 3 is 2.39 bits per heavy atom. The van der Waals surface area contributed by atoms with Gasteiger partial charge in [-0.05, 0) is 42.4 Å². The molecule has 62 heavy (non-hydrogen) atoms. The van der Waals surface area contributed by atoms with E-state index in [-0.39, 0.29) is 35.2 Å². The summed E-state index contributed by atoms with van der Waals surface area (Å²) in [5.74, 6) is -0.856. The summed E-state index contributed by atoms with van der Waals surface area (Å²) in [5.41, 5.74) is 2.32. The second-order valence-electron chi connectivity index (χ2n) is 16.7. The average Bonchev–Trinajstić information content (AvgIpc) is 4.00. The van der Waals surface area contributed by atoms with Crippen molar-refractivity contribution in [2.75, 3.05) is 31.7 Å². The van der Waals surface area contributed by atoms with E-state index in [0.29, 0.717) is 11.1 Å². The van der Waals surface area contributed by atoms with Crippen molar-refractivity contribution in [1.29, 1.82) is 0 Å². The van der Waals surface area contributed by atoms with E-state index in [4.69, 9.17) is 43.1 Å². The largest absolute Gasteiger partial charge is 0.475 e. The lowest BCUT2D eigenvalue weighted by Gasteiger charge is -2.40. The van der Waals surface area contributed by atoms with Gasteiger partial charge < -0.3 is 33.5 Å². The molecule has 3 saturated heterocycles. The Hall–Kier alpha value is -4.26. The van der Waals surface area contributed by atoms with Gasteiger partial charge in [-0.2, -0.15) is 0 Å². The number of fused-ring (bicyclic) bond motifs is 4. The van der Waals surface area contributed by atoms with E-state index in [1.54, 1.807) is 52.7 Å². The Morgan fingerprint density at radius 1 is 0.935 bits per heavy atom. The number of nitrogens with one attached hydrogen (secondary N) is 1. The van der Waals surface area contributed by atoms with Crippen LogP contribution in [-0.2, 0) is 45.6 Å². The molecule has 3 aliphatic heterocycles. The molecule has 0 saturated carbocycles. The van der Waals surface area contributed by atoms with Gasteiger partial charge in [-0.1, -0.05) is 58.0 Å². The van der Waals surface area contributed by atoms with Crippen molar-refractivity contribution in [1.82, 2.24) is 29.1 Å². The van der Waals surface area contributed by atoms with Crippen LogP contribution in [0.2, 0.25) is 18.1 Å². The van der Waals surface area contributed by atoms with Gasteiger partial charge in [0, 0.05) is 11.5 Å². The quantitative estimate of drug-likeness (QED) is 0.0663. The number of carbonyl (C=O) groups is 1. The lowest BCUT2D eigenvalue weighted by Crippen LogP contribution is -2.49. The van der Waals surface area contributed by atoms with Gasteiger partial charge >= 0.3 is 15.6 Å². The molecule has 2 aromatic carbocycles. The lowest BCUT2D eigenvalue weighted by molar-refractivity contribution is -0.0682. The van der Waals surface area contributed by atoms with Gasteiger partial charge in [0.25, 0.3) is 5.91 Å². The Labute approximate surface area is 358 Å². The summed E-state index contributed by atoms with van der Waals surface area (Å²) in [6.07, 6.45) is -3.58. The monoisotopic (exact) mass is 910 g/mol. The number of imidazole rings is 2. The summed E-state index contributed by atoms with van der Waals surface area (Å²) in [4.78, 5) is 45.7. The highest BCUT2D eigenvalue weighted by atomic mass is 31.2. The Morgan fingerprint density at radius 2 is 1.63 bits per heavy atom. The number of hydrogen-bond acceptors (Lipinski definition) is 15. The molecule has 5 aromatic rings. The molecule has 3 aliphatic rings. The van der Waals surface area contributed by atoms with Crippen molar-refractivity contribution in [3.8, 4) is 0 Å². The zero-order valence-corrected chi connectivity index (χ0v) is 37.6. The normalized spacial score (nSPS) is 30.9. The molecule has 4 unspecified atom stereocenters. The molecular weight excluding hydrogens is 863 g/mol. The van der Waals surface area contributed by atoms with E-state index >= 15 is 0 Å². The van der Waals surface area contributed by atoms with Gasteiger partial charge in [0.15, 0.2) is 31.5 Å². The second kappa shape index (κ2) is 17.4. The van der Waals surface area contributed by atoms with Crippen molar-refractivity contribution >= 4 is 57.9 Å². The number of nitrogens with zero attached hydrogens (tertiary/aromatic N) is 7. The van der Waals surface area contributed by atoms with E-state index in [1.807, 2.05) is 58.1 Å². The third-order valence-electron chi connectivity index (χ3n) is 11.6. The van der Waals surface area contributed by atoms with Gasteiger partial charge in [0.1, 0.15) is 49.7 Å². The number of hydrogen-bond donors (Lipinski definition) is 2. The van der Waals surface area contributed by atoms with Crippen LogP contribution < -0.4 is 5.32 Å². The number of aromatic nitrogens is 6. The fourth-order valence-corrected chi connectivity index (χ4v) is 11.1. The lowest BCUT2D eigenvalue weighted by atomic mass is 10.0. The van der Waals surface area contributed by atoms with Gasteiger partial charge in [0.05, 0.1) is 36.9 Å². The first-order valence-electron chi connectivity index (χ1n) is 20.0. The summed E-state index contributed by atoms with van der Waals surface area (Å²) in [7, 11) is -12.3. The number of para-hydroxylation sites is 2. The van der Waals surface area contributed by atoms with Crippen LogP contribution in [0.25, 0.3) is 27.0 Å². The maximum atomic E-state index is 14.7. The first-order chi connectivity index (χ1) is 29.5. The van der Waals surface area contributed by atoms with Crippen LogP contribution in [0, 0.1) is 12.5 Å². The number of anilines is 1. The minimum absolute atomic E-state index is 0.127. The maximum Gasteiger partial charge on any atom is 0.475 e. The molecule has 0 aliphatic carbocycles. The Kier molecular flexibility index (Phi) is 12.4. The highest BCUT2D eigenvalue weighted by Gasteiger charge is 2.56. The number of ether oxygens (including phenoxy) is 2. The van der Waals surface area contributed by atoms with Crippen LogP contribution in [0.5, 0.6) is 0 Å². The summed E-state index contributed by atoms with van der Waals surface area (Å²) >= 11 is 0. The summed E-state index contributed by atoms with van der Waals surface area (Å²) in [6, 6.07) is 16.0. The van der Waals surface area contributed by atoms with Gasteiger partial charge in [0.2, 0.25) is 6.54 Å². The van der Waals surface area contributed by atoms with Crippen molar-refractivity contribution in [3.63, 3.8) is 0 Å². The number of benzene rings is 2. The van der Waals surface area contributed by atoms with E-state index in [1.165, 1.54) is 12.7 Å². The van der Waals surface area contributed by atoms with Crippen molar-refractivity contribution in [2.24, 2.45) is 5.92 Å². The fraction of sp³-hybridized carbons (Fsp3) is 0.487. The smallest absolute Gasteiger partial charge is 0.407 e. The average molecular weight is 911 g/mol. The van der Waals surface area contributed by atoms with Crippen LogP contribution in [0.4, 0.5) is 5.82 Å². The standard InChI is InChI=1S/C39H48N8O12P2Si/c1-24-31-28(55-37(24)46-22-43-26-15-11-12-16-27(26)46)19-53-60(49,50)57-32-29(20-54-61(51,58-31)52-18-17-40-5)56-38(33(32)59-62(6,7)39(2,3)4)47-23-44-30-34(41-21-42-35(30)47)45-36(48)25-13-9-8-10-14-25/h8-16,21-24,28-29,31-33,37-38H,17-20H2,1-4,6-7H3,(H,49,50)(H,41,42,45,48)/t24-,28+,29+,31?,32?,33-,37+,38+,61?/m0/s1. The highest BCUT2D eigenvalue weighted by molar-refractivity contribution is 7.48. The molecule has 3 fully saturated rings. The first kappa shape index (κ1) is 44.3. The molecule has 8 rings (SSSR count). The zero-order chi connectivity index (χ0) is 44.0. The first-order valence-corrected chi connectivity index (χ1v) is 25.8. The molecule has 23 heteroatoms. The number of phosphoric acid groups is 2. The predicted molar refractivity (Wildman–Crippen MR) is 225 cm³/mol. The Bertz CT molecular complexity index is 2570. The topological polar surface area (TPSA) is 223 Å². The molecule has 6 heterocycles. The molecule has 1 amide bonds. The molecule has 3 aromatic heterocycles. The SMILES string of the molecule is [C-]#[N+]CCOP1(=O)OC[C@H]2O[C@@H](n3cnc4c(NC(=O)c5ccccc5)ncnc43)[C@@H](O[Si](C)(C)C(C)(C)C)C2OP(=O)(O)OC[C@H]2O[C@@H](n3cnc4ccccc43)[C@@H](C)C2O1. The third-order valence-corrected chi connectivity index (χ3v) is 18.5. The molecule has 330 valence electrons. The van der Waals surface area contributed by atoms with Gasteiger partial charge in [-0.15, -0.1) is 0 Å². The van der Waals surface area contributed by atoms with Crippen LogP contribution in [0.15, 0.2) is 73.6 Å². The van der Waals surface area contributed by atoms with Gasteiger partial charge in [-0.25, -0.2) is 35.6 Å². The van der Waals surface area contributed by atoms with Crippen molar-refractivity contribution in [2.45, 2.75) is 88.8 Å². The molecule has 10 atom stereocenters. The molecule has 20 nitrogen and oxygen atoms in total. The Balaban J connectivity index is 1.15. The highest BCUT2D eigenvalue weighted by Crippen LogP contribution is 2.58. The number of amides is 1. The van der Waals surface area contributed by atoms with Crippen molar-refractivity contribution in [3.05, 3.63) is 90.6 Å². The van der Waals surface area contributed by atoms with E-state index in [2.05, 4.69) is 30.1 Å². The van der Waals surface area contributed by atoms with Crippen molar-refractivity contribution < 1.29 is 55.3 Å². The van der Waals surface area contributed by atoms with E-state index in [9.17, 15) is 18.8 Å². The molecule has 2 N–H and O–H groups in total.